The van der Waals surface area contributed by atoms with Crippen molar-refractivity contribution in [3.63, 3.8) is 0 Å². The van der Waals surface area contributed by atoms with Gasteiger partial charge in [-0.2, -0.15) is 0 Å². The molecule has 0 aliphatic heterocycles. The van der Waals surface area contributed by atoms with Crippen LogP contribution in [0.15, 0.2) is 46.9 Å². The van der Waals surface area contributed by atoms with Crippen molar-refractivity contribution in [2.45, 2.75) is 6.54 Å². The van der Waals surface area contributed by atoms with Crippen LogP contribution in [-0.2, 0) is 6.54 Å². The van der Waals surface area contributed by atoms with Gasteiger partial charge in [-0.05, 0) is 30.3 Å². The molecule has 2 rings (SSSR count). The van der Waals surface area contributed by atoms with E-state index in [9.17, 15) is 5.11 Å². The van der Waals surface area contributed by atoms with Gasteiger partial charge in [0, 0.05) is 30.7 Å². The van der Waals surface area contributed by atoms with Crippen LogP contribution >= 0.6 is 15.9 Å². The lowest BCUT2D eigenvalue weighted by molar-refractivity contribution is 0.469. The molecule has 4 heteroatoms. The molecule has 0 unspecified atom stereocenters. The van der Waals surface area contributed by atoms with Gasteiger partial charge in [0.15, 0.2) is 0 Å². The molecule has 3 nitrogen and oxygen atoms in total. The van der Waals surface area contributed by atoms with Crippen LogP contribution < -0.4 is 10.2 Å². The Kier molecular flexibility index (Phi) is 4.32. The highest BCUT2D eigenvalue weighted by molar-refractivity contribution is 9.10. The van der Waals surface area contributed by atoms with Crippen molar-refractivity contribution in [2.24, 2.45) is 0 Å². The normalized spacial score (nSPS) is 10.3. The van der Waals surface area contributed by atoms with Gasteiger partial charge in [0.2, 0.25) is 0 Å². The molecular formula is C15H17BrN2O. The van der Waals surface area contributed by atoms with E-state index in [1.807, 2.05) is 44.4 Å². The van der Waals surface area contributed by atoms with Crippen LogP contribution in [0.5, 0.6) is 5.75 Å². The van der Waals surface area contributed by atoms with E-state index in [4.69, 9.17) is 0 Å². The highest BCUT2D eigenvalue weighted by atomic mass is 79.9. The van der Waals surface area contributed by atoms with Gasteiger partial charge in [-0.25, -0.2) is 0 Å². The summed E-state index contributed by atoms with van der Waals surface area (Å²) in [4.78, 5) is 2.06. The Hall–Kier alpha value is -1.68. The number of para-hydroxylation sites is 2. The molecule has 0 fully saturated rings. The van der Waals surface area contributed by atoms with Crippen molar-refractivity contribution >= 4 is 27.3 Å². The lowest BCUT2D eigenvalue weighted by atomic mass is 10.2. The molecule has 0 spiro atoms. The highest BCUT2D eigenvalue weighted by Gasteiger charge is 2.05. The monoisotopic (exact) mass is 320 g/mol. The number of phenolic OH excluding ortho intramolecular Hbond substituents is 1. The van der Waals surface area contributed by atoms with E-state index in [1.54, 1.807) is 6.07 Å². The second-order valence-electron chi connectivity index (χ2n) is 4.54. The molecule has 0 bridgehead atoms. The second-order valence-corrected chi connectivity index (χ2v) is 5.45. The molecule has 2 aromatic rings. The third kappa shape index (κ3) is 3.41. The van der Waals surface area contributed by atoms with Gasteiger partial charge in [0.05, 0.1) is 11.4 Å². The third-order valence-corrected chi connectivity index (χ3v) is 3.39. The summed E-state index contributed by atoms with van der Waals surface area (Å²) in [6.07, 6.45) is 0. The molecule has 0 radical (unpaired) electrons. The van der Waals surface area contributed by atoms with E-state index in [1.165, 1.54) is 0 Å². The smallest absolute Gasteiger partial charge is 0.120 e. The molecule has 2 aromatic carbocycles. The molecule has 100 valence electrons. The van der Waals surface area contributed by atoms with Crippen LogP contribution in [0.25, 0.3) is 0 Å². The van der Waals surface area contributed by atoms with Crippen molar-refractivity contribution in [3.05, 3.63) is 52.5 Å². The molecule has 0 saturated carbocycles. The molecule has 0 saturated heterocycles. The van der Waals surface area contributed by atoms with E-state index in [2.05, 4.69) is 32.2 Å². The minimum atomic E-state index is 0.304. The lowest BCUT2D eigenvalue weighted by Gasteiger charge is -2.18. The fourth-order valence-electron chi connectivity index (χ4n) is 1.90. The third-order valence-electron chi connectivity index (χ3n) is 2.90. The Morgan fingerprint density at radius 2 is 1.89 bits per heavy atom. The van der Waals surface area contributed by atoms with E-state index < -0.39 is 0 Å². The molecule has 0 amide bonds. The zero-order valence-electron chi connectivity index (χ0n) is 11.0. The summed E-state index contributed by atoms with van der Waals surface area (Å²) in [7, 11) is 4.02. The molecule has 0 atom stereocenters. The van der Waals surface area contributed by atoms with Crippen molar-refractivity contribution in [1.29, 1.82) is 0 Å². The van der Waals surface area contributed by atoms with Crippen molar-refractivity contribution in [1.82, 2.24) is 0 Å². The first-order chi connectivity index (χ1) is 9.08. The van der Waals surface area contributed by atoms with Crippen LogP contribution in [0.2, 0.25) is 0 Å². The minimum absolute atomic E-state index is 0.304. The first-order valence-corrected chi connectivity index (χ1v) is 6.85. The van der Waals surface area contributed by atoms with Gasteiger partial charge in [0.1, 0.15) is 5.75 Å². The largest absolute Gasteiger partial charge is 0.508 e. The van der Waals surface area contributed by atoms with Crippen LogP contribution in [0.3, 0.4) is 0 Å². The second kappa shape index (κ2) is 5.97. The Bertz CT molecular complexity index is 570. The van der Waals surface area contributed by atoms with Crippen LogP contribution in [0.1, 0.15) is 5.56 Å². The highest BCUT2D eigenvalue weighted by Crippen LogP contribution is 2.26. The summed E-state index contributed by atoms with van der Waals surface area (Å²) in [5.74, 6) is 0.304. The Morgan fingerprint density at radius 3 is 2.63 bits per heavy atom. The van der Waals surface area contributed by atoms with Crippen LogP contribution in [-0.4, -0.2) is 19.2 Å². The Morgan fingerprint density at radius 1 is 1.16 bits per heavy atom. The molecule has 0 aromatic heterocycles. The number of nitrogens with zero attached hydrogens (tertiary/aromatic N) is 1. The average molecular weight is 321 g/mol. The van der Waals surface area contributed by atoms with E-state index in [-0.39, 0.29) is 0 Å². The molecule has 0 aliphatic rings. The number of rotatable bonds is 4. The fourth-order valence-corrected chi connectivity index (χ4v) is 2.31. The average Bonchev–Trinajstić information content (AvgIpc) is 2.40. The first-order valence-electron chi connectivity index (χ1n) is 6.05. The maximum atomic E-state index is 9.82. The van der Waals surface area contributed by atoms with Gasteiger partial charge in [-0.15, -0.1) is 0 Å². The number of nitrogens with one attached hydrogen (secondary N) is 1. The van der Waals surface area contributed by atoms with E-state index >= 15 is 0 Å². The van der Waals surface area contributed by atoms with Gasteiger partial charge >= 0.3 is 0 Å². The number of aromatic hydroxyl groups is 1. The summed E-state index contributed by atoms with van der Waals surface area (Å²) in [5.41, 5.74) is 3.03. The SMILES string of the molecule is CN(C)c1ccccc1NCc1cc(Br)ccc1O. The molecule has 0 heterocycles. The number of benzene rings is 2. The summed E-state index contributed by atoms with van der Waals surface area (Å²) in [6.45, 7) is 0.579. The van der Waals surface area contributed by atoms with E-state index in [0.29, 0.717) is 12.3 Å². The first kappa shape index (κ1) is 13.7. The number of anilines is 2. The molecule has 2 N–H and O–H groups in total. The van der Waals surface area contributed by atoms with Crippen molar-refractivity contribution in [3.8, 4) is 5.75 Å². The predicted octanol–water partition coefficient (Wildman–Crippen LogP) is 3.83. The van der Waals surface area contributed by atoms with Crippen LogP contribution in [0.4, 0.5) is 11.4 Å². The zero-order valence-corrected chi connectivity index (χ0v) is 12.6. The van der Waals surface area contributed by atoms with Gasteiger partial charge in [-0.3, -0.25) is 0 Å². The summed E-state index contributed by atoms with van der Waals surface area (Å²) >= 11 is 3.41. The zero-order chi connectivity index (χ0) is 13.8. The van der Waals surface area contributed by atoms with Crippen molar-refractivity contribution in [2.75, 3.05) is 24.3 Å². The Balaban J connectivity index is 2.17. The number of hydrogen-bond acceptors (Lipinski definition) is 3. The predicted molar refractivity (Wildman–Crippen MR) is 83.9 cm³/mol. The van der Waals surface area contributed by atoms with Crippen molar-refractivity contribution < 1.29 is 5.11 Å². The fraction of sp³-hybridized carbons (Fsp3) is 0.200. The number of phenols is 1. The van der Waals surface area contributed by atoms with Gasteiger partial charge in [-0.1, -0.05) is 28.1 Å². The topological polar surface area (TPSA) is 35.5 Å². The maximum absolute atomic E-state index is 9.82. The van der Waals surface area contributed by atoms with Gasteiger partial charge < -0.3 is 15.3 Å². The maximum Gasteiger partial charge on any atom is 0.120 e. The molecule has 19 heavy (non-hydrogen) atoms. The quantitative estimate of drug-likeness (QED) is 0.898. The number of halogens is 1. The lowest BCUT2D eigenvalue weighted by Crippen LogP contribution is -2.12. The summed E-state index contributed by atoms with van der Waals surface area (Å²) < 4.78 is 0.961. The molecular weight excluding hydrogens is 304 g/mol. The van der Waals surface area contributed by atoms with Gasteiger partial charge in [0.25, 0.3) is 0 Å². The standard InChI is InChI=1S/C15H17BrN2O/c1-18(2)14-6-4-3-5-13(14)17-10-11-9-12(16)7-8-15(11)19/h3-9,17,19H,10H2,1-2H3. The summed E-state index contributed by atoms with van der Waals surface area (Å²) in [5, 5.41) is 13.2. The summed E-state index contributed by atoms with van der Waals surface area (Å²) in [6, 6.07) is 13.5. The Labute approximate surface area is 122 Å². The van der Waals surface area contributed by atoms with E-state index in [0.717, 1.165) is 21.4 Å². The van der Waals surface area contributed by atoms with Crippen LogP contribution in [0, 0.1) is 0 Å². The molecule has 0 aliphatic carbocycles. The minimum Gasteiger partial charge on any atom is -0.508 e. The number of hydrogen-bond donors (Lipinski definition) is 2.